The van der Waals surface area contributed by atoms with E-state index in [1.54, 1.807) is 0 Å². The average Bonchev–Trinajstić information content (AvgIpc) is 3.17. The van der Waals surface area contributed by atoms with E-state index in [2.05, 4.69) is 22.5 Å². The number of nitrogens with zero attached hydrogens (tertiary/aromatic N) is 2. The van der Waals surface area contributed by atoms with Gasteiger partial charge in [0.05, 0.1) is 11.8 Å². The zero-order chi connectivity index (χ0) is 16.6. The minimum atomic E-state index is -3.50. The van der Waals surface area contributed by atoms with E-state index < -0.39 is 15.7 Å². The molecule has 1 saturated carbocycles. The van der Waals surface area contributed by atoms with Crippen LogP contribution in [0.15, 0.2) is 41.6 Å². The molecule has 1 fully saturated rings. The van der Waals surface area contributed by atoms with Crippen LogP contribution >= 0.6 is 0 Å². The molecule has 0 radical (unpaired) electrons. The Hall–Kier alpha value is -2.15. The summed E-state index contributed by atoms with van der Waals surface area (Å²) in [5.41, 5.74) is 1.39. The largest absolute Gasteiger partial charge is 0.352 e. The molecule has 122 valence electrons. The lowest BCUT2D eigenvalue weighted by Crippen LogP contribution is -2.27. The van der Waals surface area contributed by atoms with Gasteiger partial charge in [-0.1, -0.05) is 30.3 Å². The summed E-state index contributed by atoms with van der Waals surface area (Å²) in [6, 6.07) is 10.2. The number of hydrogen-bond acceptors (Lipinski definition) is 4. The van der Waals surface area contributed by atoms with E-state index in [0.29, 0.717) is 18.4 Å². The van der Waals surface area contributed by atoms with Gasteiger partial charge in [0.15, 0.2) is 14.9 Å². The van der Waals surface area contributed by atoms with Crippen molar-refractivity contribution in [3.05, 3.63) is 47.7 Å². The Morgan fingerprint density at radius 1 is 1.35 bits per heavy atom. The maximum atomic E-state index is 12.3. The normalized spacial score (nSPS) is 20.3. The third-order valence-corrected chi connectivity index (χ3v) is 5.34. The molecule has 7 heteroatoms. The van der Waals surface area contributed by atoms with Gasteiger partial charge in [-0.05, 0) is 23.8 Å². The number of rotatable bonds is 5. The molecule has 0 saturated heterocycles. The van der Waals surface area contributed by atoms with E-state index in [1.807, 2.05) is 18.2 Å². The maximum Gasteiger partial charge on any atom is 0.255 e. The summed E-state index contributed by atoms with van der Waals surface area (Å²) in [6.07, 6.45) is 3.41. The summed E-state index contributed by atoms with van der Waals surface area (Å²) in [6.45, 7) is 0.538. The Labute approximate surface area is 135 Å². The van der Waals surface area contributed by atoms with Gasteiger partial charge in [-0.25, -0.2) is 8.42 Å². The Balaban J connectivity index is 1.64. The van der Waals surface area contributed by atoms with Crippen LogP contribution in [-0.2, 0) is 16.9 Å². The average molecular weight is 333 g/mol. The van der Waals surface area contributed by atoms with Crippen LogP contribution in [0.1, 0.15) is 28.3 Å². The molecule has 3 rings (SSSR count). The van der Waals surface area contributed by atoms with Gasteiger partial charge in [0, 0.05) is 19.8 Å². The fraction of sp³-hybridized carbons (Fsp3) is 0.375. The van der Waals surface area contributed by atoms with Crippen molar-refractivity contribution in [2.45, 2.75) is 17.4 Å². The van der Waals surface area contributed by atoms with Gasteiger partial charge >= 0.3 is 0 Å². The predicted molar refractivity (Wildman–Crippen MR) is 85.9 cm³/mol. The van der Waals surface area contributed by atoms with E-state index in [4.69, 9.17) is 0 Å². The Bertz CT molecular complexity index is 828. The number of amides is 1. The molecule has 1 aromatic carbocycles. The molecule has 1 aromatic heterocycles. The highest BCUT2D eigenvalue weighted by molar-refractivity contribution is 7.90. The standard InChI is InChI=1S/C16H19N3O3S/c1-19-16(23(2,21)22)14(10-18-19)15(20)17-9-12-8-13(12)11-6-4-3-5-7-11/h3-7,10,12-13H,8-9H2,1-2H3,(H,17,20)/t12-,13-/m0/s1. The van der Waals surface area contributed by atoms with Gasteiger partial charge in [0.2, 0.25) is 0 Å². The molecule has 2 aromatic rings. The molecule has 1 N–H and O–H groups in total. The molecule has 0 unspecified atom stereocenters. The highest BCUT2D eigenvalue weighted by atomic mass is 32.2. The molecule has 1 heterocycles. The van der Waals surface area contributed by atoms with Crippen LogP contribution in [-0.4, -0.2) is 36.9 Å². The third-order valence-electron chi connectivity index (χ3n) is 4.16. The molecule has 1 amide bonds. The first kappa shape index (κ1) is 15.7. The Morgan fingerprint density at radius 2 is 2.04 bits per heavy atom. The molecule has 2 atom stereocenters. The lowest BCUT2D eigenvalue weighted by Gasteiger charge is -2.06. The minimum Gasteiger partial charge on any atom is -0.352 e. The van der Waals surface area contributed by atoms with Crippen molar-refractivity contribution in [2.24, 2.45) is 13.0 Å². The van der Waals surface area contributed by atoms with Gasteiger partial charge in [0.1, 0.15) is 0 Å². The summed E-state index contributed by atoms with van der Waals surface area (Å²) in [5, 5.41) is 6.67. The number of aryl methyl sites for hydroxylation is 1. The fourth-order valence-electron chi connectivity index (χ4n) is 2.92. The number of benzene rings is 1. The molecule has 6 nitrogen and oxygen atoms in total. The predicted octanol–water partition coefficient (Wildman–Crippen LogP) is 1.36. The SMILES string of the molecule is Cn1ncc(C(=O)NC[C@@H]2C[C@H]2c2ccccc2)c1S(C)(=O)=O. The molecule has 1 aliphatic carbocycles. The van der Waals surface area contributed by atoms with Gasteiger partial charge in [-0.3, -0.25) is 9.48 Å². The van der Waals surface area contributed by atoms with E-state index in [1.165, 1.54) is 23.5 Å². The second-order valence-electron chi connectivity index (χ2n) is 5.98. The van der Waals surface area contributed by atoms with Crippen molar-refractivity contribution in [3.8, 4) is 0 Å². The van der Waals surface area contributed by atoms with Crippen LogP contribution in [0.5, 0.6) is 0 Å². The number of carbonyl (C=O) groups excluding carboxylic acids is 1. The van der Waals surface area contributed by atoms with E-state index in [9.17, 15) is 13.2 Å². The minimum absolute atomic E-state index is 0.0505. The molecule has 1 aliphatic rings. The first-order chi connectivity index (χ1) is 10.9. The second kappa shape index (κ2) is 5.81. The molecule has 0 bridgehead atoms. The summed E-state index contributed by atoms with van der Waals surface area (Å²) in [5.74, 6) is 0.483. The smallest absolute Gasteiger partial charge is 0.255 e. The quantitative estimate of drug-likeness (QED) is 0.896. The second-order valence-corrected chi connectivity index (χ2v) is 7.91. The maximum absolute atomic E-state index is 12.3. The van der Waals surface area contributed by atoms with E-state index in [-0.39, 0.29) is 10.6 Å². The lowest BCUT2D eigenvalue weighted by molar-refractivity contribution is 0.0948. The molecular weight excluding hydrogens is 314 g/mol. The van der Waals surface area contributed by atoms with Crippen LogP contribution in [0, 0.1) is 5.92 Å². The zero-order valence-electron chi connectivity index (χ0n) is 13.1. The van der Waals surface area contributed by atoms with Crippen molar-refractivity contribution in [1.29, 1.82) is 0 Å². The van der Waals surface area contributed by atoms with Crippen molar-refractivity contribution in [2.75, 3.05) is 12.8 Å². The first-order valence-corrected chi connectivity index (χ1v) is 9.32. The highest BCUT2D eigenvalue weighted by Crippen LogP contribution is 2.46. The first-order valence-electron chi connectivity index (χ1n) is 7.43. The topological polar surface area (TPSA) is 81.1 Å². The highest BCUT2D eigenvalue weighted by Gasteiger charge is 2.38. The Kier molecular flexibility index (Phi) is 3.97. The van der Waals surface area contributed by atoms with Crippen LogP contribution in [0.25, 0.3) is 0 Å². The number of carbonyl (C=O) groups is 1. The number of nitrogens with one attached hydrogen (secondary N) is 1. The van der Waals surface area contributed by atoms with Crippen molar-refractivity contribution in [3.63, 3.8) is 0 Å². The molecular formula is C16H19N3O3S. The zero-order valence-corrected chi connectivity index (χ0v) is 13.9. The summed E-state index contributed by atoms with van der Waals surface area (Å²) < 4.78 is 24.8. The summed E-state index contributed by atoms with van der Waals surface area (Å²) in [4.78, 5) is 12.3. The molecule has 23 heavy (non-hydrogen) atoms. The van der Waals surface area contributed by atoms with Crippen LogP contribution in [0.2, 0.25) is 0 Å². The van der Waals surface area contributed by atoms with Crippen molar-refractivity contribution in [1.82, 2.24) is 15.1 Å². The third kappa shape index (κ3) is 3.29. The Morgan fingerprint density at radius 3 is 2.70 bits per heavy atom. The van der Waals surface area contributed by atoms with Gasteiger partial charge in [-0.15, -0.1) is 0 Å². The van der Waals surface area contributed by atoms with Crippen LogP contribution in [0.3, 0.4) is 0 Å². The number of aromatic nitrogens is 2. The molecule has 0 spiro atoms. The van der Waals surface area contributed by atoms with Crippen LogP contribution < -0.4 is 5.32 Å². The van der Waals surface area contributed by atoms with E-state index in [0.717, 1.165) is 12.7 Å². The van der Waals surface area contributed by atoms with Gasteiger partial charge < -0.3 is 5.32 Å². The van der Waals surface area contributed by atoms with Crippen molar-refractivity contribution < 1.29 is 13.2 Å². The van der Waals surface area contributed by atoms with Gasteiger partial charge in [-0.2, -0.15) is 5.10 Å². The summed E-state index contributed by atoms with van der Waals surface area (Å²) in [7, 11) is -1.99. The fourth-order valence-corrected chi connectivity index (χ4v) is 3.99. The van der Waals surface area contributed by atoms with Gasteiger partial charge in [0.25, 0.3) is 5.91 Å². The molecule has 0 aliphatic heterocycles. The van der Waals surface area contributed by atoms with Crippen molar-refractivity contribution >= 4 is 15.7 Å². The number of sulfone groups is 1. The monoisotopic (exact) mass is 333 g/mol. The lowest BCUT2D eigenvalue weighted by atomic mass is 10.1. The van der Waals surface area contributed by atoms with E-state index >= 15 is 0 Å². The number of hydrogen-bond donors (Lipinski definition) is 1. The summed E-state index contributed by atoms with van der Waals surface area (Å²) >= 11 is 0. The van der Waals surface area contributed by atoms with Crippen LogP contribution in [0.4, 0.5) is 0 Å².